The normalized spacial score (nSPS) is 12.9. The van der Waals surface area contributed by atoms with Crippen molar-refractivity contribution in [3.8, 4) is 0 Å². The molecule has 134 valence electrons. The first kappa shape index (κ1) is 16.6. The smallest absolute Gasteiger partial charge is 0.293 e. The molecule has 10 heteroatoms. The van der Waals surface area contributed by atoms with Crippen LogP contribution >= 0.6 is 11.3 Å². The van der Waals surface area contributed by atoms with E-state index in [-0.39, 0.29) is 22.8 Å². The van der Waals surface area contributed by atoms with Crippen LogP contribution in [0.1, 0.15) is 35.1 Å². The van der Waals surface area contributed by atoms with Gasteiger partial charge in [0.05, 0.1) is 18.0 Å². The van der Waals surface area contributed by atoms with Gasteiger partial charge < -0.3 is 15.3 Å². The minimum atomic E-state index is -0.292. The lowest BCUT2D eigenvalue weighted by Crippen LogP contribution is -2.24. The number of rotatable bonds is 4. The van der Waals surface area contributed by atoms with Gasteiger partial charge in [-0.25, -0.2) is 4.98 Å². The van der Waals surface area contributed by atoms with Gasteiger partial charge in [-0.1, -0.05) is 0 Å². The molecule has 1 atom stereocenters. The highest BCUT2D eigenvalue weighted by atomic mass is 32.1. The Bertz CT molecular complexity index is 1230. The van der Waals surface area contributed by atoms with E-state index < -0.39 is 0 Å². The maximum absolute atomic E-state index is 12.4. The molecule has 0 aliphatic carbocycles. The van der Waals surface area contributed by atoms with Crippen molar-refractivity contribution in [3.05, 3.63) is 55.2 Å². The molecule has 26 heavy (non-hydrogen) atoms. The SMILES string of the molecule is Cc1sc2nc(C(C)NCc3nnc4c(=O)[nH]ccn34)[nH]c(=O)c2c1C. The molecule has 4 rings (SSSR count). The number of thiophene rings is 1. The van der Waals surface area contributed by atoms with E-state index in [0.717, 1.165) is 15.3 Å². The van der Waals surface area contributed by atoms with E-state index in [1.54, 1.807) is 16.8 Å². The Hall–Kier alpha value is -2.85. The fourth-order valence-electron chi connectivity index (χ4n) is 2.83. The lowest BCUT2D eigenvalue weighted by Gasteiger charge is -2.12. The van der Waals surface area contributed by atoms with E-state index in [1.807, 2.05) is 20.8 Å². The van der Waals surface area contributed by atoms with Gasteiger partial charge in [-0.15, -0.1) is 21.5 Å². The summed E-state index contributed by atoms with van der Waals surface area (Å²) in [5.41, 5.74) is 0.805. The van der Waals surface area contributed by atoms with E-state index in [0.29, 0.717) is 23.6 Å². The Labute approximate surface area is 151 Å². The lowest BCUT2D eigenvalue weighted by atomic mass is 10.2. The van der Waals surface area contributed by atoms with Gasteiger partial charge in [0.15, 0.2) is 5.82 Å². The quantitative estimate of drug-likeness (QED) is 0.495. The molecular weight excluding hydrogens is 354 g/mol. The summed E-state index contributed by atoms with van der Waals surface area (Å²) in [6, 6.07) is -0.204. The van der Waals surface area contributed by atoms with Crippen molar-refractivity contribution in [2.24, 2.45) is 0 Å². The largest absolute Gasteiger partial charge is 0.324 e. The Morgan fingerprint density at radius 2 is 2.08 bits per heavy atom. The minimum Gasteiger partial charge on any atom is -0.324 e. The van der Waals surface area contributed by atoms with Gasteiger partial charge in [0.25, 0.3) is 11.1 Å². The van der Waals surface area contributed by atoms with Crippen LogP contribution in [0.25, 0.3) is 15.9 Å². The second kappa shape index (κ2) is 6.15. The van der Waals surface area contributed by atoms with Crippen LogP contribution in [0.4, 0.5) is 0 Å². The molecule has 4 heterocycles. The Balaban J connectivity index is 1.61. The van der Waals surface area contributed by atoms with Gasteiger partial charge in [-0.05, 0) is 26.3 Å². The highest BCUT2D eigenvalue weighted by molar-refractivity contribution is 7.18. The summed E-state index contributed by atoms with van der Waals surface area (Å²) in [6.07, 6.45) is 3.24. The summed E-state index contributed by atoms with van der Waals surface area (Å²) >= 11 is 1.52. The lowest BCUT2D eigenvalue weighted by molar-refractivity contribution is 0.532. The van der Waals surface area contributed by atoms with Crippen LogP contribution in [0, 0.1) is 13.8 Å². The van der Waals surface area contributed by atoms with Gasteiger partial charge in [0.1, 0.15) is 10.7 Å². The summed E-state index contributed by atoms with van der Waals surface area (Å²) < 4.78 is 1.63. The van der Waals surface area contributed by atoms with Crippen molar-refractivity contribution in [1.82, 2.24) is 34.9 Å². The topological polar surface area (TPSA) is 121 Å². The number of nitrogens with one attached hydrogen (secondary N) is 3. The zero-order chi connectivity index (χ0) is 18.4. The fraction of sp³-hybridized carbons (Fsp3) is 0.312. The predicted octanol–water partition coefficient (Wildman–Crippen LogP) is 1.18. The molecule has 1 unspecified atom stereocenters. The number of aromatic amines is 2. The van der Waals surface area contributed by atoms with Crippen LogP contribution < -0.4 is 16.4 Å². The number of hydrogen-bond donors (Lipinski definition) is 3. The second-order valence-corrected chi connectivity index (χ2v) is 7.32. The van der Waals surface area contributed by atoms with Gasteiger partial charge in [0, 0.05) is 17.3 Å². The molecule has 0 amide bonds. The van der Waals surface area contributed by atoms with Crippen molar-refractivity contribution in [1.29, 1.82) is 0 Å². The Morgan fingerprint density at radius 3 is 2.88 bits per heavy atom. The summed E-state index contributed by atoms with van der Waals surface area (Å²) in [5, 5.41) is 11.9. The minimum absolute atomic E-state index is 0.125. The molecule has 0 aliphatic rings. The van der Waals surface area contributed by atoms with Gasteiger partial charge in [0.2, 0.25) is 5.65 Å². The monoisotopic (exact) mass is 371 g/mol. The van der Waals surface area contributed by atoms with Crippen molar-refractivity contribution < 1.29 is 0 Å². The van der Waals surface area contributed by atoms with Crippen molar-refractivity contribution in [2.75, 3.05) is 0 Å². The van der Waals surface area contributed by atoms with Crippen LogP contribution in [-0.2, 0) is 6.54 Å². The van der Waals surface area contributed by atoms with Gasteiger partial charge in [-0.2, -0.15) is 0 Å². The second-order valence-electron chi connectivity index (χ2n) is 6.12. The zero-order valence-electron chi connectivity index (χ0n) is 14.5. The molecule has 4 aromatic heterocycles. The molecule has 3 N–H and O–H groups in total. The third-order valence-electron chi connectivity index (χ3n) is 4.44. The highest BCUT2D eigenvalue weighted by Crippen LogP contribution is 2.26. The average molecular weight is 371 g/mol. The van der Waals surface area contributed by atoms with E-state index in [4.69, 9.17) is 0 Å². The van der Waals surface area contributed by atoms with Crippen LogP contribution in [0.15, 0.2) is 22.0 Å². The number of nitrogens with zero attached hydrogens (tertiary/aromatic N) is 4. The maximum Gasteiger partial charge on any atom is 0.293 e. The molecule has 9 nitrogen and oxygen atoms in total. The molecule has 0 bridgehead atoms. The summed E-state index contributed by atoms with van der Waals surface area (Å²) in [7, 11) is 0. The summed E-state index contributed by atoms with van der Waals surface area (Å²) in [5.74, 6) is 1.17. The van der Waals surface area contributed by atoms with Crippen LogP contribution in [0.5, 0.6) is 0 Å². The van der Waals surface area contributed by atoms with Gasteiger partial charge >= 0.3 is 0 Å². The number of aryl methyl sites for hydroxylation is 2. The third-order valence-corrected chi connectivity index (χ3v) is 5.54. The first-order chi connectivity index (χ1) is 12.5. The Kier molecular flexibility index (Phi) is 3.93. The number of H-pyrrole nitrogens is 2. The van der Waals surface area contributed by atoms with Crippen molar-refractivity contribution in [3.63, 3.8) is 0 Å². The number of aromatic nitrogens is 6. The average Bonchev–Trinajstić information content (AvgIpc) is 3.15. The first-order valence-electron chi connectivity index (χ1n) is 8.10. The molecule has 0 aromatic carbocycles. The molecule has 4 aromatic rings. The molecule has 0 fully saturated rings. The zero-order valence-corrected chi connectivity index (χ0v) is 15.3. The fourth-order valence-corrected chi connectivity index (χ4v) is 3.86. The number of hydrogen-bond acceptors (Lipinski definition) is 7. The van der Waals surface area contributed by atoms with E-state index in [1.165, 1.54) is 11.3 Å². The first-order valence-corrected chi connectivity index (χ1v) is 8.92. The van der Waals surface area contributed by atoms with Crippen molar-refractivity contribution >= 4 is 27.2 Å². The number of fused-ring (bicyclic) bond motifs is 2. The summed E-state index contributed by atoms with van der Waals surface area (Å²) in [6.45, 7) is 6.20. The Morgan fingerprint density at radius 1 is 1.27 bits per heavy atom. The van der Waals surface area contributed by atoms with E-state index in [9.17, 15) is 9.59 Å². The van der Waals surface area contributed by atoms with E-state index >= 15 is 0 Å². The van der Waals surface area contributed by atoms with Gasteiger partial charge in [-0.3, -0.25) is 14.0 Å². The van der Waals surface area contributed by atoms with Crippen molar-refractivity contribution in [2.45, 2.75) is 33.4 Å². The predicted molar refractivity (Wildman–Crippen MR) is 98.6 cm³/mol. The molecule has 0 aliphatic heterocycles. The molecule has 0 radical (unpaired) electrons. The summed E-state index contributed by atoms with van der Waals surface area (Å²) in [4.78, 5) is 36.0. The molecule has 0 saturated heterocycles. The van der Waals surface area contributed by atoms with Crippen LogP contribution in [-0.4, -0.2) is 29.5 Å². The molecular formula is C16H17N7O2S. The molecule has 0 spiro atoms. The van der Waals surface area contributed by atoms with Crippen LogP contribution in [0.3, 0.4) is 0 Å². The van der Waals surface area contributed by atoms with Crippen LogP contribution in [0.2, 0.25) is 0 Å². The third kappa shape index (κ3) is 2.63. The standard InChI is InChI=1S/C16H17N7O2S/c1-7-9(3)26-16-11(7)14(24)19-12(20-16)8(2)18-6-10-21-22-13-15(25)17-4-5-23(10)13/h4-5,8,18H,6H2,1-3H3,(H,17,25)(H,19,20,24). The maximum atomic E-state index is 12.4. The highest BCUT2D eigenvalue weighted by Gasteiger charge is 2.16. The molecule has 0 saturated carbocycles. The van der Waals surface area contributed by atoms with E-state index in [2.05, 4.69) is 30.5 Å².